The highest BCUT2D eigenvalue weighted by molar-refractivity contribution is 7.07. The third kappa shape index (κ3) is 2.14. The number of benzene rings is 1. The molecule has 0 aliphatic heterocycles. The van der Waals surface area contributed by atoms with Crippen LogP contribution in [-0.4, -0.2) is 15.5 Å². The number of amides is 1. The molecular formula is C9H7FN4OS. The molecule has 2 rings (SSSR count). The molecule has 2 aromatic rings. The second-order valence-electron chi connectivity index (χ2n) is 2.97. The molecule has 5 nitrogen and oxygen atoms in total. The van der Waals surface area contributed by atoms with Gasteiger partial charge in [0.15, 0.2) is 0 Å². The third-order valence-electron chi connectivity index (χ3n) is 1.85. The lowest BCUT2D eigenvalue weighted by Crippen LogP contribution is -2.11. The third-order valence-corrected chi connectivity index (χ3v) is 2.51. The molecule has 1 heterocycles. The zero-order chi connectivity index (χ0) is 11.5. The second kappa shape index (κ2) is 4.23. The first-order valence-corrected chi connectivity index (χ1v) is 5.08. The van der Waals surface area contributed by atoms with E-state index in [0.717, 1.165) is 17.6 Å². The average molecular weight is 238 g/mol. The summed E-state index contributed by atoms with van der Waals surface area (Å²) in [7, 11) is 0. The number of nitrogen functional groups attached to an aromatic ring is 1. The molecule has 0 fully saturated rings. The van der Waals surface area contributed by atoms with Gasteiger partial charge in [-0.3, -0.25) is 4.79 Å². The Balaban J connectivity index is 2.21. The Morgan fingerprint density at radius 3 is 3.00 bits per heavy atom. The molecule has 1 amide bonds. The molecule has 3 N–H and O–H groups in total. The molecule has 1 aromatic carbocycles. The summed E-state index contributed by atoms with van der Waals surface area (Å²) in [5.41, 5.74) is 6.11. The predicted molar refractivity (Wildman–Crippen MR) is 58.7 cm³/mol. The van der Waals surface area contributed by atoms with Crippen LogP contribution >= 0.6 is 11.5 Å². The minimum absolute atomic E-state index is 0.235. The number of carbonyl (C=O) groups excluding carboxylic acids is 1. The fourth-order valence-electron chi connectivity index (χ4n) is 1.09. The van der Waals surface area contributed by atoms with E-state index in [0.29, 0.717) is 10.6 Å². The van der Waals surface area contributed by atoms with E-state index in [2.05, 4.69) is 14.9 Å². The van der Waals surface area contributed by atoms with Crippen molar-refractivity contribution in [3.63, 3.8) is 0 Å². The molecule has 0 radical (unpaired) electrons. The van der Waals surface area contributed by atoms with Crippen molar-refractivity contribution in [3.8, 4) is 0 Å². The lowest BCUT2D eigenvalue weighted by Gasteiger charge is -2.06. The van der Waals surface area contributed by atoms with Crippen LogP contribution < -0.4 is 11.1 Å². The monoisotopic (exact) mass is 238 g/mol. The van der Waals surface area contributed by atoms with Gasteiger partial charge in [-0.1, -0.05) is 4.49 Å². The van der Waals surface area contributed by atoms with Crippen molar-refractivity contribution in [2.75, 3.05) is 11.1 Å². The Labute approximate surface area is 94.3 Å². The molecule has 7 heteroatoms. The highest BCUT2D eigenvalue weighted by Crippen LogP contribution is 2.20. The number of nitrogens with zero attached hydrogens (tertiary/aromatic N) is 2. The summed E-state index contributed by atoms with van der Waals surface area (Å²) in [4.78, 5) is 11.9. The van der Waals surface area contributed by atoms with Crippen molar-refractivity contribution in [2.24, 2.45) is 0 Å². The smallest absolute Gasteiger partial charge is 0.269 e. The lowest BCUT2D eigenvalue weighted by atomic mass is 10.2. The van der Waals surface area contributed by atoms with E-state index in [4.69, 9.17) is 5.73 Å². The first-order chi connectivity index (χ1) is 7.66. The van der Waals surface area contributed by atoms with Gasteiger partial charge in [-0.2, -0.15) is 0 Å². The topological polar surface area (TPSA) is 80.9 Å². The molecule has 82 valence electrons. The lowest BCUT2D eigenvalue weighted by molar-refractivity contribution is 0.103. The highest BCUT2D eigenvalue weighted by Gasteiger charge is 2.10. The Morgan fingerprint density at radius 2 is 2.31 bits per heavy atom. The van der Waals surface area contributed by atoms with Crippen molar-refractivity contribution < 1.29 is 9.18 Å². The van der Waals surface area contributed by atoms with Gasteiger partial charge in [0.1, 0.15) is 10.7 Å². The fourth-order valence-corrected chi connectivity index (χ4v) is 1.50. The molecule has 0 aliphatic carbocycles. The highest BCUT2D eigenvalue weighted by atomic mass is 32.1. The summed E-state index contributed by atoms with van der Waals surface area (Å²) in [6.07, 6.45) is 1.33. The van der Waals surface area contributed by atoms with E-state index in [-0.39, 0.29) is 5.69 Å². The van der Waals surface area contributed by atoms with Crippen LogP contribution in [0.4, 0.5) is 15.8 Å². The number of hydrogen-bond donors (Lipinski definition) is 2. The van der Waals surface area contributed by atoms with E-state index in [1.807, 2.05) is 0 Å². The molecule has 0 unspecified atom stereocenters. The van der Waals surface area contributed by atoms with Gasteiger partial charge in [-0.05, 0) is 29.7 Å². The zero-order valence-corrected chi connectivity index (χ0v) is 8.79. The van der Waals surface area contributed by atoms with E-state index in [1.54, 1.807) is 0 Å². The SMILES string of the molecule is Nc1ccc(F)cc1NC(=O)c1cnns1. The van der Waals surface area contributed by atoms with Crippen LogP contribution in [0.2, 0.25) is 0 Å². The summed E-state index contributed by atoms with van der Waals surface area (Å²) < 4.78 is 16.5. The Morgan fingerprint density at radius 1 is 1.50 bits per heavy atom. The van der Waals surface area contributed by atoms with Crippen molar-refractivity contribution in [3.05, 3.63) is 35.1 Å². The van der Waals surface area contributed by atoms with Crippen molar-refractivity contribution in [1.29, 1.82) is 0 Å². The van der Waals surface area contributed by atoms with Crippen LogP contribution in [0.3, 0.4) is 0 Å². The maximum Gasteiger partial charge on any atom is 0.269 e. The first-order valence-electron chi connectivity index (χ1n) is 4.30. The first kappa shape index (κ1) is 10.5. The second-order valence-corrected chi connectivity index (χ2v) is 3.75. The largest absolute Gasteiger partial charge is 0.397 e. The number of carbonyl (C=O) groups is 1. The standard InChI is InChI=1S/C9H7FN4OS/c10-5-1-2-6(11)7(3-5)13-9(15)8-4-12-14-16-8/h1-4H,11H2,(H,13,15). The van der Waals surface area contributed by atoms with Crippen molar-refractivity contribution in [1.82, 2.24) is 9.59 Å². The van der Waals surface area contributed by atoms with E-state index < -0.39 is 11.7 Å². The van der Waals surface area contributed by atoms with Crippen LogP contribution in [0.5, 0.6) is 0 Å². The van der Waals surface area contributed by atoms with Crippen LogP contribution in [-0.2, 0) is 0 Å². The number of hydrogen-bond acceptors (Lipinski definition) is 5. The summed E-state index contributed by atoms with van der Waals surface area (Å²) in [6, 6.07) is 3.76. The summed E-state index contributed by atoms with van der Waals surface area (Å²) in [5, 5.41) is 6.01. The van der Waals surface area contributed by atoms with Gasteiger partial charge < -0.3 is 11.1 Å². The van der Waals surface area contributed by atoms with E-state index in [1.165, 1.54) is 18.3 Å². The summed E-state index contributed by atoms with van der Waals surface area (Å²) in [6.45, 7) is 0. The normalized spacial score (nSPS) is 10.1. The minimum atomic E-state index is -0.466. The maximum atomic E-state index is 12.9. The number of nitrogens with two attached hydrogens (primary N) is 1. The molecule has 0 bridgehead atoms. The summed E-state index contributed by atoms with van der Waals surface area (Å²) >= 11 is 0.953. The number of aromatic nitrogens is 2. The van der Waals surface area contributed by atoms with E-state index in [9.17, 15) is 9.18 Å². The maximum absolute atomic E-state index is 12.9. The minimum Gasteiger partial charge on any atom is -0.397 e. The Hall–Kier alpha value is -2.02. The van der Waals surface area contributed by atoms with Crippen molar-refractivity contribution in [2.45, 2.75) is 0 Å². The fraction of sp³-hybridized carbons (Fsp3) is 0. The van der Waals surface area contributed by atoms with Crippen LogP contribution in [0.15, 0.2) is 24.4 Å². The quantitative estimate of drug-likeness (QED) is 0.777. The molecular weight excluding hydrogens is 231 g/mol. The number of rotatable bonds is 2. The van der Waals surface area contributed by atoms with Gasteiger partial charge in [-0.25, -0.2) is 4.39 Å². The molecule has 0 spiro atoms. The van der Waals surface area contributed by atoms with Gasteiger partial charge >= 0.3 is 0 Å². The number of halogens is 1. The molecule has 0 saturated heterocycles. The predicted octanol–water partition coefficient (Wildman–Crippen LogP) is 1.51. The molecule has 1 aromatic heterocycles. The molecule has 0 aliphatic rings. The molecule has 0 atom stereocenters. The van der Waals surface area contributed by atoms with Gasteiger partial charge in [0.05, 0.1) is 17.6 Å². The van der Waals surface area contributed by atoms with Gasteiger partial charge in [0.25, 0.3) is 5.91 Å². The number of nitrogens with one attached hydrogen (secondary N) is 1. The summed E-state index contributed by atoms with van der Waals surface area (Å²) in [5.74, 6) is -0.876. The Kier molecular flexibility index (Phi) is 2.78. The molecule has 16 heavy (non-hydrogen) atoms. The number of anilines is 2. The molecule has 0 saturated carbocycles. The van der Waals surface area contributed by atoms with Gasteiger partial charge in [-0.15, -0.1) is 5.10 Å². The van der Waals surface area contributed by atoms with Gasteiger partial charge in [0, 0.05) is 0 Å². The zero-order valence-electron chi connectivity index (χ0n) is 7.98. The Bertz CT molecular complexity index is 514. The van der Waals surface area contributed by atoms with Gasteiger partial charge in [0.2, 0.25) is 0 Å². The van der Waals surface area contributed by atoms with E-state index >= 15 is 0 Å². The van der Waals surface area contributed by atoms with Crippen molar-refractivity contribution >= 4 is 28.8 Å². The van der Waals surface area contributed by atoms with Crippen LogP contribution in [0.1, 0.15) is 9.67 Å². The van der Waals surface area contributed by atoms with Crippen LogP contribution in [0, 0.1) is 5.82 Å². The average Bonchev–Trinajstić information content (AvgIpc) is 2.76. The van der Waals surface area contributed by atoms with Crippen LogP contribution in [0.25, 0.3) is 0 Å².